The highest BCUT2D eigenvalue weighted by Gasteiger charge is 2.06. The van der Waals surface area contributed by atoms with E-state index in [1.807, 2.05) is 12.1 Å². The number of fused-ring (bicyclic) bond motifs is 1. The van der Waals surface area contributed by atoms with Crippen LogP contribution in [0.15, 0.2) is 29.8 Å². The number of allylic oxidation sites excluding steroid dienone is 1. The van der Waals surface area contributed by atoms with Crippen LogP contribution in [0.1, 0.15) is 38.2 Å². The van der Waals surface area contributed by atoms with Gasteiger partial charge in [0.25, 0.3) is 0 Å². The van der Waals surface area contributed by atoms with Crippen molar-refractivity contribution in [1.82, 2.24) is 0 Å². The first-order valence-electron chi connectivity index (χ1n) is 6.36. The lowest BCUT2D eigenvalue weighted by molar-refractivity contribution is 0.317. The molecule has 1 aliphatic heterocycles. The van der Waals surface area contributed by atoms with E-state index in [1.54, 1.807) is 6.07 Å². The van der Waals surface area contributed by atoms with E-state index in [2.05, 4.69) is 13.0 Å². The molecule has 2 heteroatoms. The van der Waals surface area contributed by atoms with E-state index in [1.165, 1.54) is 12.0 Å². The Labute approximate surface area is 103 Å². The molecule has 1 aromatic carbocycles. The van der Waals surface area contributed by atoms with Gasteiger partial charge in [0.1, 0.15) is 11.5 Å². The molecule has 0 unspecified atom stereocenters. The summed E-state index contributed by atoms with van der Waals surface area (Å²) in [5, 5.41) is 9.51. The van der Waals surface area contributed by atoms with Gasteiger partial charge < -0.3 is 9.84 Å². The van der Waals surface area contributed by atoms with Crippen LogP contribution in [0.4, 0.5) is 0 Å². The average Bonchev–Trinajstić information content (AvgIpc) is 2.34. The molecule has 2 nitrogen and oxygen atoms in total. The molecule has 1 heterocycles. The number of phenolic OH excluding ortho intramolecular Hbond substituents is 1. The van der Waals surface area contributed by atoms with E-state index in [-0.39, 0.29) is 0 Å². The minimum absolute atomic E-state index is 0.330. The van der Waals surface area contributed by atoms with Gasteiger partial charge in [-0.05, 0) is 56.4 Å². The van der Waals surface area contributed by atoms with Gasteiger partial charge in [0.15, 0.2) is 0 Å². The van der Waals surface area contributed by atoms with Crippen molar-refractivity contribution in [2.24, 2.45) is 0 Å². The third kappa shape index (κ3) is 3.52. The van der Waals surface area contributed by atoms with E-state index in [0.717, 1.165) is 43.6 Å². The molecule has 0 radical (unpaired) electrons. The second-order valence-electron chi connectivity index (χ2n) is 4.69. The number of hydrogen-bond acceptors (Lipinski definition) is 2. The van der Waals surface area contributed by atoms with Gasteiger partial charge in [0.05, 0.1) is 6.61 Å². The Morgan fingerprint density at radius 1 is 1.18 bits per heavy atom. The van der Waals surface area contributed by atoms with Gasteiger partial charge in [0, 0.05) is 6.42 Å². The molecule has 0 aromatic heterocycles. The van der Waals surface area contributed by atoms with Crippen LogP contribution in [0.25, 0.3) is 0 Å². The third-order valence-electron chi connectivity index (χ3n) is 3.19. The number of rotatable bonds is 0. The molecule has 0 spiro atoms. The number of aromatic hydroxyl groups is 1. The molecule has 0 saturated carbocycles. The van der Waals surface area contributed by atoms with Crippen molar-refractivity contribution in [3.63, 3.8) is 0 Å². The summed E-state index contributed by atoms with van der Waals surface area (Å²) < 4.78 is 5.79. The van der Waals surface area contributed by atoms with Crippen molar-refractivity contribution >= 4 is 0 Å². The molecule has 0 atom stereocenters. The average molecular weight is 232 g/mol. The lowest BCUT2D eigenvalue weighted by Gasteiger charge is -2.11. The number of aryl methyl sites for hydroxylation is 1. The fourth-order valence-electron chi connectivity index (χ4n) is 2.13. The monoisotopic (exact) mass is 232 g/mol. The maximum absolute atomic E-state index is 9.51. The predicted octanol–water partition coefficient (Wildman–Crippen LogP) is 3.83. The van der Waals surface area contributed by atoms with Crippen molar-refractivity contribution in [2.45, 2.75) is 39.0 Å². The van der Waals surface area contributed by atoms with Gasteiger partial charge >= 0.3 is 0 Å². The Balaban J connectivity index is 2.15. The van der Waals surface area contributed by atoms with Crippen LogP contribution >= 0.6 is 0 Å². The second-order valence-corrected chi connectivity index (χ2v) is 4.69. The van der Waals surface area contributed by atoms with Gasteiger partial charge in [-0.2, -0.15) is 0 Å². The molecule has 0 fully saturated rings. The molecule has 1 aromatic rings. The Hall–Kier alpha value is -1.44. The van der Waals surface area contributed by atoms with E-state index in [4.69, 9.17) is 4.74 Å². The molecule has 2 rings (SSSR count). The zero-order chi connectivity index (χ0) is 12.1. The van der Waals surface area contributed by atoms with Crippen molar-refractivity contribution in [1.29, 1.82) is 0 Å². The fraction of sp³-hybridized carbons (Fsp3) is 0.467. The lowest BCUT2D eigenvalue weighted by atomic mass is 10.1. The maximum Gasteiger partial charge on any atom is 0.122 e. The van der Waals surface area contributed by atoms with Crippen molar-refractivity contribution in [3.8, 4) is 11.5 Å². The largest absolute Gasteiger partial charge is 0.508 e. The first kappa shape index (κ1) is 12.0. The van der Waals surface area contributed by atoms with E-state index >= 15 is 0 Å². The van der Waals surface area contributed by atoms with Crippen molar-refractivity contribution in [2.75, 3.05) is 6.61 Å². The minimum Gasteiger partial charge on any atom is -0.508 e. The molecule has 0 saturated heterocycles. The van der Waals surface area contributed by atoms with Crippen LogP contribution in [-0.2, 0) is 6.42 Å². The van der Waals surface area contributed by atoms with Crippen molar-refractivity contribution < 1.29 is 9.84 Å². The summed E-state index contributed by atoms with van der Waals surface area (Å²) in [5.41, 5.74) is 2.54. The quantitative estimate of drug-likeness (QED) is 0.689. The predicted molar refractivity (Wildman–Crippen MR) is 69.5 cm³/mol. The number of phenols is 1. The van der Waals surface area contributed by atoms with Gasteiger partial charge in [-0.3, -0.25) is 0 Å². The third-order valence-corrected chi connectivity index (χ3v) is 3.19. The SMILES string of the molecule is CC1=CCCCCc2cc(O)ccc2OCC1. The summed E-state index contributed by atoms with van der Waals surface area (Å²) in [4.78, 5) is 0. The summed E-state index contributed by atoms with van der Waals surface area (Å²) in [7, 11) is 0. The molecule has 0 aliphatic carbocycles. The molecule has 0 bridgehead atoms. The second kappa shape index (κ2) is 5.76. The maximum atomic E-state index is 9.51. The highest BCUT2D eigenvalue weighted by Crippen LogP contribution is 2.26. The Kier molecular flexibility index (Phi) is 4.08. The minimum atomic E-state index is 0.330. The summed E-state index contributed by atoms with van der Waals surface area (Å²) in [5.74, 6) is 1.26. The van der Waals surface area contributed by atoms with Crippen LogP contribution < -0.4 is 4.74 Å². The Bertz CT molecular complexity index is 407. The smallest absolute Gasteiger partial charge is 0.122 e. The first-order chi connectivity index (χ1) is 8.25. The van der Waals surface area contributed by atoms with E-state index in [9.17, 15) is 5.11 Å². The zero-order valence-corrected chi connectivity index (χ0v) is 10.4. The molecular weight excluding hydrogens is 212 g/mol. The first-order valence-corrected chi connectivity index (χ1v) is 6.36. The molecular formula is C15H20O2. The highest BCUT2D eigenvalue weighted by atomic mass is 16.5. The molecule has 1 aliphatic rings. The number of hydrogen-bond donors (Lipinski definition) is 1. The summed E-state index contributed by atoms with van der Waals surface area (Å²) in [6.07, 6.45) is 7.78. The van der Waals surface area contributed by atoms with Gasteiger partial charge in [-0.25, -0.2) is 0 Å². The normalized spacial score (nSPS) is 17.4. The van der Waals surface area contributed by atoms with Crippen molar-refractivity contribution in [3.05, 3.63) is 35.4 Å². The number of benzene rings is 1. The Morgan fingerprint density at radius 2 is 2.06 bits per heavy atom. The van der Waals surface area contributed by atoms with E-state index < -0.39 is 0 Å². The zero-order valence-electron chi connectivity index (χ0n) is 10.4. The summed E-state index contributed by atoms with van der Waals surface area (Å²) in [6.45, 7) is 2.89. The lowest BCUT2D eigenvalue weighted by Crippen LogP contribution is -2.00. The number of ether oxygens (including phenoxy) is 1. The summed E-state index contributed by atoms with van der Waals surface area (Å²) >= 11 is 0. The topological polar surface area (TPSA) is 29.5 Å². The van der Waals surface area contributed by atoms with Gasteiger partial charge in [-0.1, -0.05) is 11.6 Å². The standard InChI is InChI=1S/C15H20O2/c1-12-5-3-2-4-6-13-11-14(16)7-8-15(13)17-10-9-12/h5,7-8,11,16H,2-4,6,9-10H2,1H3. The molecule has 0 amide bonds. The summed E-state index contributed by atoms with van der Waals surface area (Å²) in [6, 6.07) is 5.40. The van der Waals surface area contributed by atoms with E-state index in [0.29, 0.717) is 5.75 Å². The van der Waals surface area contributed by atoms with Crippen LogP contribution in [0.5, 0.6) is 11.5 Å². The fourth-order valence-corrected chi connectivity index (χ4v) is 2.13. The van der Waals surface area contributed by atoms with Gasteiger partial charge in [0.2, 0.25) is 0 Å². The molecule has 17 heavy (non-hydrogen) atoms. The van der Waals surface area contributed by atoms with Gasteiger partial charge in [-0.15, -0.1) is 0 Å². The van der Waals surface area contributed by atoms with Crippen LogP contribution in [0.3, 0.4) is 0 Å². The molecule has 1 N–H and O–H groups in total. The molecule has 92 valence electrons. The highest BCUT2D eigenvalue weighted by molar-refractivity contribution is 5.39. The Morgan fingerprint density at radius 3 is 2.94 bits per heavy atom. The van der Waals surface area contributed by atoms with Crippen LogP contribution in [0, 0.1) is 0 Å². The van der Waals surface area contributed by atoms with Crippen LogP contribution in [0.2, 0.25) is 0 Å². The van der Waals surface area contributed by atoms with Crippen LogP contribution in [-0.4, -0.2) is 11.7 Å².